The summed E-state index contributed by atoms with van der Waals surface area (Å²) >= 11 is 0. The van der Waals surface area contributed by atoms with Gasteiger partial charge in [-0.05, 0) is 50.1 Å². The molecule has 0 aromatic heterocycles. The van der Waals surface area contributed by atoms with Crippen LogP contribution in [0.1, 0.15) is 25.7 Å². The number of ether oxygens (including phenoxy) is 1. The van der Waals surface area contributed by atoms with Crippen LogP contribution >= 0.6 is 0 Å². The van der Waals surface area contributed by atoms with E-state index in [1.165, 1.54) is 45.3 Å². The van der Waals surface area contributed by atoms with Crippen LogP contribution in [0.25, 0.3) is 0 Å². The Morgan fingerprint density at radius 1 is 1.47 bits per heavy atom. The first-order valence-corrected chi connectivity index (χ1v) is 6.19. The summed E-state index contributed by atoms with van der Waals surface area (Å²) in [4.78, 5) is 2.60. The molecule has 1 saturated heterocycles. The second-order valence-electron chi connectivity index (χ2n) is 5.40. The van der Waals surface area contributed by atoms with Crippen molar-refractivity contribution in [2.45, 2.75) is 25.7 Å². The van der Waals surface area contributed by atoms with Gasteiger partial charge in [-0.2, -0.15) is 0 Å². The van der Waals surface area contributed by atoms with Gasteiger partial charge in [-0.3, -0.25) is 0 Å². The van der Waals surface area contributed by atoms with Gasteiger partial charge in [0.2, 0.25) is 0 Å². The molecular weight excluding hydrogens is 188 g/mol. The summed E-state index contributed by atoms with van der Waals surface area (Å²) in [6.07, 6.45) is 5.35. The second kappa shape index (κ2) is 4.81. The molecule has 3 nitrogen and oxygen atoms in total. The molecule has 2 aliphatic rings. The normalized spacial score (nSPS) is 30.4. The fourth-order valence-electron chi connectivity index (χ4n) is 2.74. The largest absolute Gasteiger partial charge is 0.384 e. The zero-order valence-electron chi connectivity index (χ0n) is 9.87. The van der Waals surface area contributed by atoms with Gasteiger partial charge in [-0.1, -0.05) is 0 Å². The van der Waals surface area contributed by atoms with Gasteiger partial charge in [0.05, 0.1) is 6.61 Å². The molecule has 15 heavy (non-hydrogen) atoms. The Hall–Kier alpha value is -0.120. The maximum Gasteiger partial charge on any atom is 0.0502 e. The van der Waals surface area contributed by atoms with Gasteiger partial charge in [-0.15, -0.1) is 0 Å². The molecule has 1 aliphatic carbocycles. The molecule has 0 spiro atoms. The summed E-state index contributed by atoms with van der Waals surface area (Å²) < 4.78 is 5.25. The van der Waals surface area contributed by atoms with Crippen LogP contribution in [0, 0.1) is 11.3 Å². The molecule has 3 heteroatoms. The SMILES string of the molecule is COCC1CCCN(CC2(CN)CC2)C1. The minimum Gasteiger partial charge on any atom is -0.384 e. The number of nitrogens with two attached hydrogens (primary N) is 1. The predicted octanol–water partition coefficient (Wildman–Crippen LogP) is 1.08. The maximum atomic E-state index is 5.83. The lowest BCUT2D eigenvalue weighted by molar-refractivity contribution is 0.0807. The molecule has 0 amide bonds. The molecule has 0 bridgehead atoms. The molecule has 1 heterocycles. The molecule has 0 aromatic carbocycles. The zero-order valence-corrected chi connectivity index (χ0v) is 9.87. The smallest absolute Gasteiger partial charge is 0.0502 e. The first kappa shape index (κ1) is 11.4. The fourth-order valence-corrected chi connectivity index (χ4v) is 2.74. The Kier molecular flexibility index (Phi) is 3.65. The summed E-state index contributed by atoms with van der Waals surface area (Å²) in [5.41, 5.74) is 6.32. The number of likely N-dealkylation sites (tertiary alicyclic amines) is 1. The van der Waals surface area contributed by atoms with E-state index in [0.29, 0.717) is 5.41 Å². The fraction of sp³-hybridized carbons (Fsp3) is 1.00. The van der Waals surface area contributed by atoms with E-state index in [2.05, 4.69) is 4.90 Å². The summed E-state index contributed by atoms with van der Waals surface area (Å²) in [7, 11) is 1.81. The highest BCUT2D eigenvalue weighted by Gasteiger charge is 2.42. The van der Waals surface area contributed by atoms with Crippen molar-refractivity contribution in [3.8, 4) is 0 Å². The van der Waals surface area contributed by atoms with Gasteiger partial charge < -0.3 is 15.4 Å². The van der Waals surface area contributed by atoms with Gasteiger partial charge in [0.1, 0.15) is 0 Å². The van der Waals surface area contributed by atoms with Crippen LogP contribution in [0.4, 0.5) is 0 Å². The molecule has 2 rings (SSSR count). The molecule has 1 atom stereocenters. The van der Waals surface area contributed by atoms with Gasteiger partial charge in [0.15, 0.2) is 0 Å². The molecule has 1 aliphatic heterocycles. The average molecular weight is 212 g/mol. The third-order valence-corrected chi connectivity index (χ3v) is 3.95. The third kappa shape index (κ3) is 2.92. The number of piperidine rings is 1. The summed E-state index contributed by atoms with van der Waals surface area (Å²) in [5, 5.41) is 0. The third-order valence-electron chi connectivity index (χ3n) is 3.95. The van der Waals surface area contributed by atoms with Gasteiger partial charge in [-0.25, -0.2) is 0 Å². The first-order chi connectivity index (χ1) is 7.28. The van der Waals surface area contributed by atoms with E-state index < -0.39 is 0 Å². The molecule has 2 N–H and O–H groups in total. The predicted molar refractivity (Wildman–Crippen MR) is 61.8 cm³/mol. The van der Waals surface area contributed by atoms with Crippen molar-refractivity contribution in [3.63, 3.8) is 0 Å². The average Bonchev–Trinajstić information content (AvgIpc) is 3.00. The summed E-state index contributed by atoms with van der Waals surface area (Å²) in [6.45, 7) is 5.51. The second-order valence-corrected chi connectivity index (χ2v) is 5.40. The van der Waals surface area contributed by atoms with Crippen LogP contribution in [-0.4, -0.2) is 44.8 Å². The maximum absolute atomic E-state index is 5.83. The quantitative estimate of drug-likeness (QED) is 0.741. The number of rotatable bonds is 5. The van der Waals surface area contributed by atoms with Crippen molar-refractivity contribution in [2.24, 2.45) is 17.1 Å². The molecule has 88 valence electrons. The summed E-state index contributed by atoms with van der Waals surface area (Å²) in [5.74, 6) is 0.748. The molecule has 2 fully saturated rings. The van der Waals surface area contributed by atoms with Crippen LogP contribution < -0.4 is 5.73 Å². The lowest BCUT2D eigenvalue weighted by Crippen LogP contribution is -2.41. The molecule has 1 unspecified atom stereocenters. The van der Waals surface area contributed by atoms with Crippen molar-refractivity contribution >= 4 is 0 Å². The van der Waals surface area contributed by atoms with Crippen LogP contribution in [0.2, 0.25) is 0 Å². The van der Waals surface area contributed by atoms with E-state index in [1.54, 1.807) is 7.11 Å². The van der Waals surface area contributed by atoms with E-state index in [9.17, 15) is 0 Å². The lowest BCUT2D eigenvalue weighted by atomic mass is 9.97. The number of hydrogen-bond acceptors (Lipinski definition) is 3. The highest BCUT2D eigenvalue weighted by atomic mass is 16.5. The van der Waals surface area contributed by atoms with E-state index in [-0.39, 0.29) is 0 Å². The Bertz CT molecular complexity index is 202. The van der Waals surface area contributed by atoms with Crippen LogP contribution in [-0.2, 0) is 4.74 Å². The van der Waals surface area contributed by atoms with E-state index in [1.807, 2.05) is 0 Å². The highest BCUT2D eigenvalue weighted by Crippen LogP contribution is 2.45. The Morgan fingerprint density at radius 2 is 2.27 bits per heavy atom. The Morgan fingerprint density at radius 3 is 2.87 bits per heavy atom. The monoisotopic (exact) mass is 212 g/mol. The first-order valence-electron chi connectivity index (χ1n) is 6.19. The van der Waals surface area contributed by atoms with Gasteiger partial charge in [0.25, 0.3) is 0 Å². The van der Waals surface area contributed by atoms with Crippen LogP contribution in [0.15, 0.2) is 0 Å². The highest BCUT2D eigenvalue weighted by molar-refractivity contribution is 4.97. The molecular formula is C12H24N2O. The molecule has 1 saturated carbocycles. The van der Waals surface area contributed by atoms with Crippen molar-refractivity contribution in [3.05, 3.63) is 0 Å². The standard InChI is InChI=1S/C12H24N2O/c1-15-8-11-3-2-6-14(7-11)10-12(9-13)4-5-12/h11H,2-10,13H2,1H3. The molecule has 0 radical (unpaired) electrons. The minimum atomic E-state index is 0.495. The van der Waals surface area contributed by atoms with Gasteiger partial charge >= 0.3 is 0 Å². The summed E-state index contributed by atoms with van der Waals surface area (Å²) in [6, 6.07) is 0. The van der Waals surface area contributed by atoms with E-state index in [0.717, 1.165) is 19.1 Å². The lowest BCUT2D eigenvalue weighted by Gasteiger charge is -2.34. The zero-order chi connectivity index (χ0) is 10.7. The number of methoxy groups -OCH3 is 1. The van der Waals surface area contributed by atoms with Crippen molar-refractivity contribution < 1.29 is 4.74 Å². The Balaban J connectivity index is 1.77. The van der Waals surface area contributed by atoms with Crippen LogP contribution in [0.5, 0.6) is 0 Å². The van der Waals surface area contributed by atoms with Crippen LogP contribution in [0.3, 0.4) is 0 Å². The van der Waals surface area contributed by atoms with E-state index in [4.69, 9.17) is 10.5 Å². The topological polar surface area (TPSA) is 38.5 Å². The number of nitrogens with zero attached hydrogens (tertiary/aromatic N) is 1. The van der Waals surface area contributed by atoms with Crippen molar-refractivity contribution in [2.75, 3.05) is 39.9 Å². The number of hydrogen-bond donors (Lipinski definition) is 1. The van der Waals surface area contributed by atoms with Gasteiger partial charge in [0, 0.05) is 20.2 Å². The van der Waals surface area contributed by atoms with Crippen molar-refractivity contribution in [1.29, 1.82) is 0 Å². The Labute approximate surface area is 93.0 Å². The van der Waals surface area contributed by atoms with Crippen molar-refractivity contribution in [1.82, 2.24) is 4.90 Å². The van der Waals surface area contributed by atoms with E-state index >= 15 is 0 Å². The minimum absolute atomic E-state index is 0.495. The molecule has 0 aromatic rings.